The van der Waals surface area contributed by atoms with E-state index in [0.717, 1.165) is 24.8 Å². The smallest absolute Gasteiger partial charge is 0.201 e. The minimum absolute atomic E-state index is 0.00472. The van der Waals surface area contributed by atoms with Crippen molar-refractivity contribution < 1.29 is 19.2 Å². The molecular formula is C23H30O4. The van der Waals surface area contributed by atoms with Crippen molar-refractivity contribution in [2.45, 2.75) is 70.2 Å². The molecule has 4 aliphatic heterocycles. The predicted octanol–water partition coefficient (Wildman–Crippen LogP) is 5.25. The van der Waals surface area contributed by atoms with Crippen LogP contribution in [0.15, 0.2) is 30.8 Å². The molecular weight excluding hydrogens is 340 g/mol. The first kappa shape index (κ1) is 17.9. The molecule has 1 aliphatic carbocycles. The van der Waals surface area contributed by atoms with Crippen LogP contribution in [0.1, 0.15) is 63.7 Å². The summed E-state index contributed by atoms with van der Waals surface area (Å²) >= 11 is 0. The molecule has 0 unspecified atom stereocenters. The van der Waals surface area contributed by atoms with Gasteiger partial charge in [0.25, 0.3) is 0 Å². The van der Waals surface area contributed by atoms with Crippen LogP contribution in [0.25, 0.3) is 6.08 Å². The summed E-state index contributed by atoms with van der Waals surface area (Å²) in [4.78, 5) is 12.1. The van der Waals surface area contributed by atoms with Crippen molar-refractivity contribution in [1.82, 2.24) is 0 Å². The van der Waals surface area contributed by atoms with Crippen LogP contribution >= 0.6 is 0 Å². The molecule has 27 heavy (non-hydrogen) atoms. The summed E-state index contributed by atoms with van der Waals surface area (Å²) in [5.74, 6) is 0.993. The van der Waals surface area contributed by atoms with Gasteiger partial charge in [-0.2, -0.15) is 0 Å². The molecule has 0 amide bonds. The maximum absolute atomic E-state index is 6.66. The van der Waals surface area contributed by atoms with Gasteiger partial charge in [-0.25, -0.2) is 9.78 Å². The minimum Gasteiger partial charge on any atom is -0.341 e. The maximum Gasteiger partial charge on any atom is 0.201 e. The molecule has 6 rings (SSSR count). The Morgan fingerprint density at radius 2 is 1.81 bits per heavy atom. The summed E-state index contributed by atoms with van der Waals surface area (Å²) in [6.07, 6.45) is 5.78. The van der Waals surface area contributed by atoms with Crippen LogP contribution in [0, 0.1) is 23.7 Å². The number of benzene rings is 1. The molecule has 4 heterocycles. The first-order valence-corrected chi connectivity index (χ1v) is 10.4. The van der Waals surface area contributed by atoms with Crippen LogP contribution in [0.3, 0.4) is 0 Å². The van der Waals surface area contributed by atoms with Crippen molar-refractivity contribution in [2.24, 2.45) is 23.7 Å². The van der Waals surface area contributed by atoms with E-state index in [1.54, 1.807) is 0 Å². The van der Waals surface area contributed by atoms with Crippen LogP contribution in [0.2, 0.25) is 0 Å². The van der Waals surface area contributed by atoms with Crippen LogP contribution in [-0.4, -0.2) is 17.7 Å². The highest BCUT2D eigenvalue weighted by Crippen LogP contribution is 2.62. The Hall–Kier alpha value is -1.20. The molecule has 0 aromatic heterocycles. The highest BCUT2D eigenvalue weighted by Gasteiger charge is 2.69. The summed E-state index contributed by atoms with van der Waals surface area (Å²) in [7, 11) is 0. The van der Waals surface area contributed by atoms with Gasteiger partial charge in [0.15, 0.2) is 11.9 Å². The van der Waals surface area contributed by atoms with E-state index in [9.17, 15) is 0 Å². The van der Waals surface area contributed by atoms with Crippen molar-refractivity contribution in [1.29, 1.82) is 0 Å². The lowest BCUT2D eigenvalue weighted by atomic mass is 9.57. The van der Waals surface area contributed by atoms with Gasteiger partial charge in [-0.15, -0.1) is 0 Å². The third-order valence-corrected chi connectivity index (χ3v) is 7.66. The standard InChI is InChI=1S/C23H30O4/c1-5-16-7-9-17(10-8-16)20-15(3)19-11-6-14(2)18-12-13-22(4)25-21(24-20)23(18,19)27-26-22/h5,7-10,14-15,18-21H,1,6,11-13H2,2-4H3/t14-,15-,18+,19+,20+,21-,22+,23-/m1/s1. The fourth-order valence-electron chi connectivity index (χ4n) is 6.11. The van der Waals surface area contributed by atoms with Gasteiger partial charge in [0.05, 0.1) is 6.10 Å². The topological polar surface area (TPSA) is 36.9 Å². The van der Waals surface area contributed by atoms with E-state index in [-0.39, 0.29) is 12.4 Å². The molecule has 0 radical (unpaired) electrons. The predicted molar refractivity (Wildman–Crippen MR) is 102 cm³/mol. The number of hydrogen-bond donors (Lipinski definition) is 0. The molecule has 4 nitrogen and oxygen atoms in total. The molecule has 1 saturated carbocycles. The summed E-state index contributed by atoms with van der Waals surface area (Å²) in [5, 5.41) is 0. The number of rotatable bonds is 2. The molecule has 146 valence electrons. The van der Waals surface area contributed by atoms with E-state index in [1.165, 1.54) is 12.0 Å². The Bertz CT molecular complexity index is 730. The third kappa shape index (κ3) is 2.50. The molecule has 8 atom stereocenters. The van der Waals surface area contributed by atoms with Crippen molar-refractivity contribution >= 4 is 6.08 Å². The van der Waals surface area contributed by atoms with Crippen LogP contribution < -0.4 is 0 Å². The Kier molecular flexibility index (Phi) is 4.07. The quantitative estimate of drug-likeness (QED) is 0.666. The molecule has 4 heteroatoms. The largest absolute Gasteiger partial charge is 0.341 e. The van der Waals surface area contributed by atoms with E-state index in [2.05, 4.69) is 44.7 Å². The number of hydrogen-bond acceptors (Lipinski definition) is 4. The molecule has 5 fully saturated rings. The molecule has 0 N–H and O–H groups in total. The van der Waals surface area contributed by atoms with Crippen molar-refractivity contribution in [3.63, 3.8) is 0 Å². The monoisotopic (exact) mass is 370 g/mol. The lowest BCUT2D eigenvalue weighted by molar-refractivity contribution is -0.571. The fraction of sp³-hybridized carbons (Fsp3) is 0.652. The zero-order valence-corrected chi connectivity index (χ0v) is 16.5. The molecule has 1 aromatic carbocycles. The minimum atomic E-state index is -0.713. The van der Waals surface area contributed by atoms with E-state index >= 15 is 0 Å². The second-order valence-corrected chi connectivity index (χ2v) is 9.20. The van der Waals surface area contributed by atoms with E-state index in [4.69, 9.17) is 19.2 Å². The van der Waals surface area contributed by atoms with Gasteiger partial charge in [-0.1, -0.05) is 50.8 Å². The summed E-state index contributed by atoms with van der Waals surface area (Å²) in [6.45, 7) is 10.5. The third-order valence-electron chi connectivity index (χ3n) is 7.66. The lowest BCUT2D eigenvalue weighted by Gasteiger charge is -2.60. The van der Waals surface area contributed by atoms with Crippen molar-refractivity contribution in [3.8, 4) is 0 Å². The van der Waals surface area contributed by atoms with Crippen LogP contribution in [-0.2, 0) is 19.2 Å². The molecule has 5 aliphatic rings. The number of ether oxygens (including phenoxy) is 2. The normalized spacial score (nSPS) is 48.6. The van der Waals surface area contributed by atoms with Crippen LogP contribution in [0.5, 0.6) is 0 Å². The van der Waals surface area contributed by atoms with E-state index in [0.29, 0.717) is 23.7 Å². The van der Waals surface area contributed by atoms with Gasteiger partial charge in [0.1, 0.15) is 0 Å². The van der Waals surface area contributed by atoms with Gasteiger partial charge >= 0.3 is 0 Å². The zero-order chi connectivity index (χ0) is 18.8. The van der Waals surface area contributed by atoms with Crippen molar-refractivity contribution in [3.05, 3.63) is 42.0 Å². The molecule has 1 spiro atoms. The molecule has 1 aromatic rings. The van der Waals surface area contributed by atoms with Gasteiger partial charge in [-0.05, 0) is 55.1 Å². The summed E-state index contributed by atoms with van der Waals surface area (Å²) in [6, 6.07) is 8.53. The number of fused-ring (bicyclic) bond motifs is 2. The van der Waals surface area contributed by atoms with E-state index < -0.39 is 11.4 Å². The Labute approximate surface area is 161 Å². The molecule has 2 bridgehead atoms. The summed E-state index contributed by atoms with van der Waals surface area (Å²) in [5.41, 5.74) is 1.84. The zero-order valence-electron chi connectivity index (χ0n) is 16.5. The SMILES string of the molecule is C=Cc1ccc([C@H]2O[C@@H]3O[C@]4(C)CC[C@H]5[C@H](C)CC[C@@H]([C@H]2C)[C@@]35OO4)cc1. The maximum atomic E-state index is 6.66. The second kappa shape index (κ2) is 6.15. The average molecular weight is 370 g/mol. The molecule has 4 saturated heterocycles. The Morgan fingerprint density at radius 3 is 2.56 bits per heavy atom. The summed E-state index contributed by atoms with van der Waals surface area (Å²) < 4.78 is 13.1. The highest BCUT2D eigenvalue weighted by molar-refractivity contribution is 5.47. The average Bonchev–Trinajstić information content (AvgIpc) is 2.91. The Morgan fingerprint density at radius 1 is 1.04 bits per heavy atom. The van der Waals surface area contributed by atoms with Gasteiger partial charge in [0.2, 0.25) is 5.79 Å². The first-order chi connectivity index (χ1) is 13.0. The van der Waals surface area contributed by atoms with Crippen molar-refractivity contribution in [2.75, 3.05) is 0 Å². The van der Waals surface area contributed by atoms with Gasteiger partial charge < -0.3 is 9.47 Å². The Balaban J connectivity index is 1.55. The second-order valence-electron chi connectivity index (χ2n) is 9.20. The fourth-order valence-corrected chi connectivity index (χ4v) is 6.11. The van der Waals surface area contributed by atoms with E-state index in [1.807, 2.05) is 13.0 Å². The van der Waals surface area contributed by atoms with Crippen LogP contribution in [0.4, 0.5) is 0 Å². The lowest BCUT2D eigenvalue weighted by Crippen LogP contribution is -2.69. The first-order valence-electron chi connectivity index (χ1n) is 10.4. The van der Waals surface area contributed by atoms with Gasteiger partial charge in [0, 0.05) is 12.3 Å². The highest BCUT2D eigenvalue weighted by atomic mass is 17.3. The van der Waals surface area contributed by atoms with Gasteiger partial charge in [-0.3, -0.25) is 0 Å².